The van der Waals surface area contributed by atoms with Gasteiger partial charge in [-0.25, -0.2) is 18.0 Å². The van der Waals surface area contributed by atoms with Crippen molar-refractivity contribution in [3.05, 3.63) is 41.5 Å². The zero-order chi connectivity index (χ0) is 15.9. The molecule has 2 N–H and O–H groups in total. The molecule has 0 aliphatic heterocycles. The number of anilines is 1. The van der Waals surface area contributed by atoms with Gasteiger partial charge in [0.2, 0.25) is 5.09 Å². The zero-order valence-electron chi connectivity index (χ0n) is 11.8. The van der Waals surface area contributed by atoms with E-state index in [1.165, 1.54) is 12.4 Å². The number of fused-ring (bicyclic) bond motifs is 1. The zero-order valence-corrected chi connectivity index (χ0v) is 12.6. The lowest BCUT2D eigenvalue weighted by Gasteiger charge is -2.08. The molecule has 5 nitrogen and oxygen atoms in total. The number of nitrogens with zero attached hydrogens (tertiary/aromatic N) is 1. The first-order valence-corrected chi connectivity index (χ1v) is 7.62. The summed E-state index contributed by atoms with van der Waals surface area (Å²) in [6.45, 7) is 3.40. The van der Waals surface area contributed by atoms with Gasteiger partial charge in [0.1, 0.15) is 0 Å². The van der Waals surface area contributed by atoms with Gasteiger partial charge in [0.05, 0.1) is 17.4 Å². The van der Waals surface area contributed by atoms with Crippen molar-refractivity contribution in [3.63, 3.8) is 0 Å². The molecule has 0 fully saturated rings. The molecule has 0 aliphatic rings. The number of hydrogen-bond donors (Lipinski definition) is 2. The van der Waals surface area contributed by atoms with Crippen LogP contribution in [0.2, 0.25) is 0 Å². The molecule has 8 heteroatoms. The fourth-order valence-corrected chi connectivity index (χ4v) is 3.10. The van der Waals surface area contributed by atoms with Crippen LogP contribution >= 0.6 is 0 Å². The van der Waals surface area contributed by atoms with E-state index < -0.39 is 17.4 Å². The lowest BCUT2D eigenvalue weighted by molar-refractivity contribution is 0.153. The summed E-state index contributed by atoms with van der Waals surface area (Å²) in [6.07, 6.45) is 0.0585. The summed E-state index contributed by atoms with van der Waals surface area (Å²) in [5.41, 5.74) is 1.59. The topological polar surface area (TPSA) is 70.9 Å². The SMILES string of the molecule is Cc1ncc(S(=O)Nc2ccc(C)c3c(C(F)F)c[nH]c23)o1. The smallest absolute Gasteiger partial charge is 0.265 e. The number of hydrogen-bond acceptors (Lipinski definition) is 3. The Morgan fingerprint density at radius 3 is 2.77 bits per heavy atom. The van der Waals surface area contributed by atoms with E-state index in [4.69, 9.17) is 4.42 Å². The predicted molar refractivity (Wildman–Crippen MR) is 79.3 cm³/mol. The van der Waals surface area contributed by atoms with Crippen LogP contribution in [-0.4, -0.2) is 14.2 Å². The van der Waals surface area contributed by atoms with Crippen LogP contribution in [0.1, 0.15) is 23.4 Å². The van der Waals surface area contributed by atoms with Gasteiger partial charge in [0.15, 0.2) is 16.9 Å². The van der Waals surface area contributed by atoms with Crippen LogP contribution < -0.4 is 4.72 Å². The molecule has 0 amide bonds. The van der Waals surface area contributed by atoms with Gasteiger partial charge in [-0.3, -0.25) is 4.72 Å². The maximum absolute atomic E-state index is 13.0. The second-order valence-corrected chi connectivity index (χ2v) is 5.94. The Morgan fingerprint density at radius 2 is 2.14 bits per heavy atom. The van der Waals surface area contributed by atoms with Gasteiger partial charge >= 0.3 is 0 Å². The van der Waals surface area contributed by atoms with E-state index in [9.17, 15) is 13.0 Å². The molecule has 2 aromatic heterocycles. The number of benzene rings is 1. The maximum atomic E-state index is 13.0. The Morgan fingerprint density at radius 1 is 1.36 bits per heavy atom. The average Bonchev–Trinajstić information content (AvgIpc) is 3.08. The quantitative estimate of drug-likeness (QED) is 0.765. The molecule has 0 aliphatic carbocycles. The number of H-pyrrole nitrogens is 1. The number of aryl methyl sites for hydroxylation is 2. The third-order valence-electron chi connectivity index (χ3n) is 3.29. The molecule has 1 atom stereocenters. The Hall–Kier alpha value is -2.22. The summed E-state index contributed by atoms with van der Waals surface area (Å²) in [7, 11) is -1.66. The van der Waals surface area contributed by atoms with Gasteiger partial charge < -0.3 is 9.40 Å². The Bertz CT molecular complexity index is 857. The van der Waals surface area contributed by atoms with Crippen LogP contribution in [0.25, 0.3) is 10.9 Å². The minimum atomic E-state index is -2.58. The monoisotopic (exact) mass is 325 g/mol. The number of oxazole rings is 1. The lowest BCUT2D eigenvalue weighted by Crippen LogP contribution is -2.04. The van der Waals surface area contributed by atoms with Crippen molar-refractivity contribution in [2.75, 3.05) is 4.72 Å². The van der Waals surface area contributed by atoms with Gasteiger partial charge in [-0.1, -0.05) is 6.07 Å². The van der Waals surface area contributed by atoms with Crippen molar-refractivity contribution < 1.29 is 17.4 Å². The van der Waals surface area contributed by atoms with Gasteiger partial charge in [-0.05, 0) is 18.6 Å². The van der Waals surface area contributed by atoms with Crippen molar-refractivity contribution in [3.8, 4) is 0 Å². The molecule has 3 rings (SSSR count). The van der Waals surface area contributed by atoms with Crippen molar-refractivity contribution >= 4 is 27.6 Å². The highest BCUT2D eigenvalue weighted by Gasteiger charge is 2.18. The average molecular weight is 325 g/mol. The summed E-state index contributed by atoms with van der Waals surface area (Å²) < 4.78 is 46.2. The van der Waals surface area contributed by atoms with Crippen LogP contribution in [0.5, 0.6) is 0 Å². The van der Waals surface area contributed by atoms with E-state index in [-0.39, 0.29) is 10.7 Å². The van der Waals surface area contributed by atoms with Gasteiger partial charge in [-0.2, -0.15) is 0 Å². The summed E-state index contributed by atoms with van der Waals surface area (Å²) in [5, 5.41) is 0.609. The molecule has 1 aromatic carbocycles. The molecule has 116 valence electrons. The highest BCUT2D eigenvalue weighted by Crippen LogP contribution is 2.34. The molecular formula is C14H13F2N3O2S. The van der Waals surface area contributed by atoms with E-state index in [0.717, 1.165) is 5.56 Å². The predicted octanol–water partition coefficient (Wildman–Crippen LogP) is 3.85. The standard InChI is InChI=1S/C14H13F2N3O2S/c1-7-3-4-10(13-12(7)9(5-18-13)14(15)16)19-22(20)11-6-17-8(2)21-11/h3-6,14,18-19H,1-2H3. The second-order valence-electron chi connectivity index (χ2n) is 4.79. The maximum Gasteiger partial charge on any atom is 0.265 e. The largest absolute Gasteiger partial charge is 0.430 e. The van der Waals surface area contributed by atoms with Crippen molar-refractivity contribution in [1.29, 1.82) is 0 Å². The molecule has 22 heavy (non-hydrogen) atoms. The lowest BCUT2D eigenvalue weighted by atomic mass is 10.1. The van der Waals surface area contributed by atoms with Crippen molar-refractivity contribution in [2.45, 2.75) is 25.4 Å². The summed E-state index contributed by atoms with van der Waals surface area (Å²) >= 11 is 0. The number of aromatic amines is 1. The number of halogens is 2. The normalized spacial score (nSPS) is 13.0. The molecule has 0 radical (unpaired) electrons. The molecule has 3 aromatic rings. The molecule has 1 unspecified atom stereocenters. The molecule has 0 bridgehead atoms. The number of alkyl halides is 2. The van der Waals surface area contributed by atoms with Crippen LogP contribution in [0.4, 0.5) is 14.5 Å². The molecule has 0 saturated carbocycles. The third-order valence-corrected chi connectivity index (χ3v) is 4.25. The van der Waals surface area contributed by atoms with Gasteiger partial charge in [-0.15, -0.1) is 0 Å². The second kappa shape index (κ2) is 5.53. The highest BCUT2D eigenvalue weighted by atomic mass is 32.2. The van der Waals surface area contributed by atoms with E-state index in [2.05, 4.69) is 14.7 Å². The molecule has 0 saturated heterocycles. The first kappa shape index (κ1) is 14.7. The Kier molecular flexibility index (Phi) is 3.69. The Labute approximate surface area is 127 Å². The molecular weight excluding hydrogens is 312 g/mol. The van der Waals surface area contributed by atoms with Crippen LogP contribution in [0.3, 0.4) is 0 Å². The molecule has 2 heterocycles. The van der Waals surface area contributed by atoms with Crippen LogP contribution in [-0.2, 0) is 11.0 Å². The van der Waals surface area contributed by atoms with Gasteiger partial charge in [0.25, 0.3) is 6.43 Å². The van der Waals surface area contributed by atoms with Crippen LogP contribution in [0, 0.1) is 13.8 Å². The van der Waals surface area contributed by atoms with Crippen molar-refractivity contribution in [1.82, 2.24) is 9.97 Å². The third kappa shape index (κ3) is 2.50. The first-order chi connectivity index (χ1) is 10.5. The highest BCUT2D eigenvalue weighted by molar-refractivity contribution is 7.86. The van der Waals surface area contributed by atoms with E-state index in [1.54, 1.807) is 26.0 Å². The summed E-state index contributed by atoms with van der Waals surface area (Å²) in [6, 6.07) is 3.39. The molecule has 0 spiro atoms. The minimum absolute atomic E-state index is 0.0718. The van der Waals surface area contributed by atoms with Crippen LogP contribution in [0.15, 0.2) is 34.0 Å². The fourth-order valence-electron chi connectivity index (χ4n) is 2.29. The van der Waals surface area contributed by atoms with Crippen molar-refractivity contribution in [2.24, 2.45) is 0 Å². The number of rotatable bonds is 4. The van der Waals surface area contributed by atoms with E-state index in [0.29, 0.717) is 22.5 Å². The minimum Gasteiger partial charge on any atom is -0.430 e. The van der Waals surface area contributed by atoms with E-state index >= 15 is 0 Å². The van der Waals surface area contributed by atoms with E-state index in [1.807, 2.05) is 0 Å². The number of aromatic nitrogens is 2. The Balaban J connectivity index is 2.01. The first-order valence-electron chi connectivity index (χ1n) is 6.47. The summed E-state index contributed by atoms with van der Waals surface area (Å²) in [5.74, 6) is 0.402. The number of nitrogens with one attached hydrogen (secondary N) is 2. The fraction of sp³-hybridized carbons (Fsp3) is 0.214. The summed E-state index contributed by atoms with van der Waals surface area (Å²) in [4.78, 5) is 6.69. The van der Waals surface area contributed by atoms with Gasteiger partial charge in [0, 0.05) is 24.1 Å².